The number of nitrogens with one attached hydrogen (secondary N) is 1. The molecule has 0 fully saturated rings. The largest absolute Gasteiger partial charge is 0.508 e. The van der Waals surface area contributed by atoms with Gasteiger partial charge in [0.25, 0.3) is 5.91 Å². The van der Waals surface area contributed by atoms with Crippen molar-refractivity contribution in [3.05, 3.63) is 64.7 Å². The Hall–Kier alpha value is -2.40. The van der Waals surface area contributed by atoms with E-state index in [4.69, 9.17) is 18.0 Å². The van der Waals surface area contributed by atoms with Gasteiger partial charge in [0.2, 0.25) is 0 Å². The Bertz CT molecular complexity index is 698. The lowest BCUT2D eigenvalue weighted by Gasteiger charge is -2.08. The van der Waals surface area contributed by atoms with Gasteiger partial charge >= 0.3 is 0 Å². The minimum Gasteiger partial charge on any atom is -0.508 e. The summed E-state index contributed by atoms with van der Waals surface area (Å²) < 4.78 is 0. The Morgan fingerprint density at radius 3 is 2.67 bits per heavy atom. The molecule has 0 aromatic heterocycles. The second-order valence-electron chi connectivity index (χ2n) is 4.75. The normalized spacial score (nSPS) is 10.1. The van der Waals surface area contributed by atoms with Crippen molar-refractivity contribution < 1.29 is 9.90 Å². The van der Waals surface area contributed by atoms with Gasteiger partial charge in [-0.05, 0) is 36.2 Å². The molecule has 0 bridgehead atoms. The second kappa shape index (κ2) is 6.37. The molecule has 0 aliphatic carbocycles. The summed E-state index contributed by atoms with van der Waals surface area (Å²) in [5.74, 6) is -0.135. The highest BCUT2D eigenvalue weighted by atomic mass is 32.1. The number of phenols is 1. The fourth-order valence-electron chi connectivity index (χ4n) is 1.87. The van der Waals surface area contributed by atoms with Crippen LogP contribution in [0.25, 0.3) is 0 Å². The van der Waals surface area contributed by atoms with Gasteiger partial charge < -0.3 is 16.2 Å². The number of phenolic OH excluding ortho intramolecular Hbond substituents is 1. The molecule has 0 saturated heterocycles. The Morgan fingerprint density at radius 2 is 2.00 bits per heavy atom. The third-order valence-corrected chi connectivity index (χ3v) is 3.37. The van der Waals surface area contributed by atoms with Crippen LogP contribution >= 0.6 is 12.2 Å². The van der Waals surface area contributed by atoms with E-state index in [9.17, 15) is 9.90 Å². The number of nitrogens with two attached hydrogens (primary N) is 1. The zero-order chi connectivity index (χ0) is 15.4. The molecular formula is C16H16N2O2S. The van der Waals surface area contributed by atoms with Crippen LogP contribution in [0.15, 0.2) is 42.5 Å². The lowest BCUT2D eigenvalue weighted by Crippen LogP contribution is -2.23. The highest BCUT2D eigenvalue weighted by Gasteiger charge is 2.07. The number of hydrogen-bond donors (Lipinski definition) is 3. The van der Waals surface area contributed by atoms with Crippen LogP contribution in [0, 0.1) is 6.92 Å². The van der Waals surface area contributed by atoms with Gasteiger partial charge in [-0.3, -0.25) is 4.79 Å². The summed E-state index contributed by atoms with van der Waals surface area (Å²) in [6, 6.07) is 12.2. The van der Waals surface area contributed by atoms with Crippen LogP contribution in [0.5, 0.6) is 5.75 Å². The van der Waals surface area contributed by atoms with Crippen LogP contribution in [0.3, 0.4) is 0 Å². The van der Waals surface area contributed by atoms with Crippen LogP contribution in [0.1, 0.15) is 27.0 Å². The first-order valence-corrected chi connectivity index (χ1v) is 6.85. The van der Waals surface area contributed by atoms with E-state index in [0.29, 0.717) is 17.1 Å². The predicted molar refractivity (Wildman–Crippen MR) is 86.3 cm³/mol. The number of thiocarbonyl (C=S) groups is 1. The molecule has 5 heteroatoms. The molecule has 108 valence electrons. The fourth-order valence-corrected chi connectivity index (χ4v) is 2.00. The van der Waals surface area contributed by atoms with Crippen molar-refractivity contribution in [2.45, 2.75) is 13.5 Å². The number of aromatic hydroxyl groups is 1. The van der Waals surface area contributed by atoms with Crippen LogP contribution in [0.2, 0.25) is 0 Å². The van der Waals surface area contributed by atoms with E-state index >= 15 is 0 Å². The van der Waals surface area contributed by atoms with Gasteiger partial charge in [-0.25, -0.2) is 0 Å². The van der Waals surface area contributed by atoms with Gasteiger partial charge in [0.15, 0.2) is 0 Å². The van der Waals surface area contributed by atoms with E-state index in [1.54, 1.807) is 19.1 Å². The molecular weight excluding hydrogens is 284 g/mol. The van der Waals surface area contributed by atoms with Crippen LogP contribution in [-0.4, -0.2) is 16.0 Å². The minimum atomic E-state index is -0.244. The number of benzene rings is 2. The first kappa shape index (κ1) is 15.0. The monoisotopic (exact) mass is 300 g/mol. The quantitative estimate of drug-likeness (QED) is 0.757. The molecule has 0 saturated carbocycles. The number of aryl methyl sites for hydroxylation is 1. The maximum absolute atomic E-state index is 12.0. The van der Waals surface area contributed by atoms with E-state index in [1.165, 1.54) is 6.07 Å². The van der Waals surface area contributed by atoms with Crippen LogP contribution in [-0.2, 0) is 6.54 Å². The first-order valence-electron chi connectivity index (χ1n) is 6.44. The third kappa shape index (κ3) is 3.79. The standard InChI is InChI=1S/C16H16N2O2S/c1-10-5-6-13(8-14(10)19)16(20)18-9-11-3-2-4-12(7-11)15(17)21/h2-8,19H,9H2,1H3,(H2,17,21)(H,18,20). The SMILES string of the molecule is Cc1ccc(C(=O)NCc2cccc(C(N)=S)c2)cc1O. The molecule has 0 aliphatic rings. The zero-order valence-corrected chi connectivity index (χ0v) is 12.4. The number of hydrogen-bond acceptors (Lipinski definition) is 3. The summed E-state index contributed by atoms with van der Waals surface area (Å²) in [6.45, 7) is 2.14. The van der Waals surface area contributed by atoms with Crippen molar-refractivity contribution in [3.8, 4) is 5.75 Å². The van der Waals surface area contributed by atoms with Gasteiger partial charge in [0, 0.05) is 17.7 Å². The average Bonchev–Trinajstić information content (AvgIpc) is 2.48. The van der Waals surface area contributed by atoms with E-state index in [0.717, 1.165) is 16.7 Å². The highest BCUT2D eigenvalue weighted by molar-refractivity contribution is 7.80. The van der Waals surface area contributed by atoms with Crippen molar-refractivity contribution in [2.75, 3.05) is 0 Å². The number of amides is 1. The fraction of sp³-hybridized carbons (Fsp3) is 0.125. The summed E-state index contributed by atoms with van der Waals surface area (Å²) in [6.07, 6.45) is 0. The van der Waals surface area contributed by atoms with Gasteiger partial charge in [0.05, 0.1) is 0 Å². The Balaban J connectivity index is 2.05. The molecule has 2 aromatic rings. The van der Waals surface area contributed by atoms with Gasteiger partial charge in [-0.15, -0.1) is 0 Å². The molecule has 0 aliphatic heterocycles. The summed E-state index contributed by atoms with van der Waals surface area (Å²) in [7, 11) is 0. The predicted octanol–water partition coefficient (Wildman–Crippen LogP) is 2.26. The number of carbonyl (C=O) groups excluding carboxylic acids is 1. The number of rotatable bonds is 4. The summed E-state index contributed by atoms with van der Waals surface area (Å²) >= 11 is 4.92. The van der Waals surface area contributed by atoms with Crippen molar-refractivity contribution in [1.82, 2.24) is 5.32 Å². The average molecular weight is 300 g/mol. The summed E-state index contributed by atoms with van der Waals surface area (Å²) in [4.78, 5) is 12.4. The molecule has 4 N–H and O–H groups in total. The summed E-state index contributed by atoms with van der Waals surface area (Å²) in [5.41, 5.74) is 8.40. The Labute approximate surface area is 128 Å². The maximum Gasteiger partial charge on any atom is 0.251 e. The van der Waals surface area contributed by atoms with Crippen molar-refractivity contribution >= 4 is 23.1 Å². The molecule has 2 rings (SSSR count). The topological polar surface area (TPSA) is 75.4 Å². The van der Waals surface area contributed by atoms with E-state index in [2.05, 4.69) is 5.32 Å². The number of carbonyl (C=O) groups is 1. The van der Waals surface area contributed by atoms with Crippen molar-refractivity contribution in [3.63, 3.8) is 0 Å². The molecule has 1 amide bonds. The van der Waals surface area contributed by atoms with Crippen molar-refractivity contribution in [2.24, 2.45) is 5.73 Å². The molecule has 2 aromatic carbocycles. The first-order chi connectivity index (χ1) is 9.97. The Morgan fingerprint density at radius 1 is 1.24 bits per heavy atom. The second-order valence-corrected chi connectivity index (χ2v) is 5.19. The van der Waals surface area contributed by atoms with E-state index in [-0.39, 0.29) is 11.7 Å². The van der Waals surface area contributed by atoms with E-state index < -0.39 is 0 Å². The van der Waals surface area contributed by atoms with Gasteiger partial charge in [-0.1, -0.05) is 36.5 Å². The molecule has 0 atom stereocenters. The highest BCUT2D eigenvalue weighted by Crippen LogP contribution is 2.17. The molecule has 0 spiro atoms. The third-order valence-electron chi connectivity index (χ3n) is 3.14. The molecule has 4 nitrogen and oxygen atoms in total. The van der Waals surface area contributed by atoms with Gasteiger partial charge in [-0.2, -0.15) is 0 Å². The zero-order valence-electron chi connectivity index (χ0n) is 11.6. The summed E-state index contributed by atoms with van der Waals surface area (Å²) in [5, 5.41) is 12.4. The Kier molecular flexibility index (Phi) is 4.55. The minimum absolute atomic E-state index is 0.109. The lowest BCUT2D eigenvalue weighted by molar-refractivity contribution is 0.0950. The molecule has 0 heterocycles. The molecule has 0 unspecified atom stereocenters. The van der Waals surface area contributed by atoms with E-state index in [1.807, 2.05) is 24.3 Å². The maximum atomic E-state index is 12.0. The van der Waals surface area contributed by atoms with Crippen molar-refractivity contribution in [1.29, 1.82) is 0 Å². The van der Waals surface area contributed by atoms with Crippen LogP contribution < -0.4 is 11.1 Å². The molecule has 21 heavy (non-hydrogen) atoms. The molecule has 0 radical (unpaired) electrons. The lowest BCUT2D eigenvalue weighted by atomic mass is 10.1. The smallest absolute Gasteiger partial charge is 0.251 e. The van der Waals surface area contributed by atoms with Crippen LogP contribution in [0.4, 0.5) is 0 Å². The van der Waals surface area contributed by atoms with Gasteiger partial charge in [0.1, 0.15) is 10.7 Å².